The molecule has 0 aliphatic heterocycles. The molecule has 1 heterocycles. The number of nitrogens with zero attached hydrogens (tertiary/aromatic N) is 1. The van der Waals surface area contributed by atoms with Gasteiger partial charge >= 0.3 is 0 Å². The fraction of sp³-hybridized carbons (Fsp3) is 0.412. The summed E-state index contributed by atoms with van der Waals surface area (Å²) < 4.78 is 18.3. The molecule has 1 amide bonds. The topological polar surface area (TPSA) is 81.2 Å². The van der Waals surface area contributed by atoms with Gasteiger partial charge in [-0.05, 0) is 37.6 Å². The van der Waals surface area contributed by atoms with Crippen LogP contribution in [0.2, 0.25) is 0 Å². The van der Waals surface area contributed by atoms with Gasteiger partial charge in [0.25, 0.3) is 0 Å². The zero-order valence-electron chi connectivity index (χ0n) is 13.4. The molecule has 1 unspecified atom stereocenters. The van der Waals surface area contributed by atoms with Gasteiger partial charge in [0.1, 0.15) is 12.1 Å². The van der Waals surface area contributed by atoms with Crippen molar-refractivity contribution in [1.82, 2.24) is 10.3 Å². The molecular formula is C17H22FN3O2. The number of hydrogen-bond acceptors (Lipinski definition) is 4. The number of rotatable bonds is 7. The molecule has 6 heteroatoms. The van der Waals surface area contributed by atoms with E-state index in [1.807, 2.05) is 6.92 Å². The molecule has 0 aliphatic carbocycles. The van der Waals surface area contributed by atoms with E-state index in [0.29, 0.717) is 30.8 Å². The maximum absolute atomic E-state index is 12.9. The molecule has 0 saturated heterocycles. The van der Waals surface area contributed by atoms with Gasteiger partial charge in [0.05, 0.1) is 11.2 Å². The summed E-state index contributed by atoms with van der Waals surface area (Å²) in [6, 6.07) is 5.93. The van der Waals surface area contributed by atoms with Gasteiger partial charge in [-0.25, -0.2) is 9.37 Å². The van der Waals surface area contributed by atoms with Crippen LogP contribution in [-0.2, 0) is 11.2 Å². The van der Waals surface area contributed by atoms with E-state index in [1.165, 1.54) is 12.1 Å². The van der Waals surface area contributed by atoms with Crippen LogP contribution in [0.25, 0.3) is 11.5 Å². The van der Waals surface area contributed by atoms with E-state index in [-0.39, 0.29) is 11.7 Å². The number of hydrogen-bond donors (Lipinski definition) is 2. The minimum Gasteiger partial charge on any atom is -0.444 e. The third-order valence-corrected chi connectivity index (χ3v) is 3.60. The number of amides is 1. The van der Waals surface area contributed by atoms with Crippen molar-refractivity contribution in [2.75, 3.05) is 6.54 Å². The smallest absolute Gasteiger partial charge is 0.239 e. The number of carbonyl (C=O) groups is 1. The molecule has 0 saturated carbocycles. The summed E-state index contributed by atoms with van der Waals surface area (Å²) in [4.78, 5) is 16.3. The Labute approximate surface area is 135 Å². The van der Waals surface area contributed by atoms with E-state index in [4.69, 9.17) is 10.2 Å². The average Bonchev–Trinajstić information content (AvgIpc) is 2.96. The fourth-order valence-corrected chi connectivity index (χ4v) is 2.29. The summed E-state index contributed by atoms with van der Waals surface area (Å²) >= 11 is 0. The molecule has 5 nitrogen and oxygen atoms in total. The number of aromatic nitrogens is 1. The zero-order chi connectivity index (χ0) is 16.9. The Morgan fingerprint density at radius 3 is 2.74 bits per heavy atom. The first-order valence-electron chi connectivity index (χ1n) is 7.70. The Balaban J connectivity index is 1.88. The Kier molecular flexibility index (Phi) is 5.50. The lowest BCUT2D eigenvalue weighted by Gasteiger charge is -2.22. The van der Waals surface area contributed by atoms with E-state index < -0.39 is 5.54 Å². The Hall–Kier alpha value is -2.21. The first kappa shape index (κ1) is 17.1. The van der Waals surface area contributed by atoms with Crippen molar-refractivity contribution < 1.29 is 13.6 Å². The molecule has 2 rings (SSSR count). The summed E-state index contributed by atoms with van der Waals surface area (Å²) in [5.74, 6) is -0.0391. The first-order valence-corrected chi connectivity index (χ1v) is 7.70. The van der Waals surface area contributed by atoms with Gasteiger partial charge < -0.3 is 15.5 Å². The highest BCUT2D eigenvalue weighted by Gasteiger charge is 2.26. The minimum atomic E-state index is -0.849. The second kappa shape index (κ2) is 7.37. The van der Waals surface area contributed by atoms with Crippen molar-refractivity contribution in [3.05, 3.63) is 42.0 Å². The lowest BCUT2D eigenvalue weighted by atomic mass is 9.96. The van der Waals surface area contributed by atoms with Gasteiger partial charge in [0.15, 0.2) is 0 Å². The van der Waals surface area contributed by atoms with E-state index in [1.54, 1.807) is 25.3 Å². The predicted molar refractivity (Wildman–Crippen MR) is 86.1 cm³/mol. The lowest BCUT2D eigenvalue weighted by molar-refractivity contribution is -0.126. The van der Waals surface area contributed by atoms with Crippen LogP contribution in [0.3, 0.4) is 0 Å². The molecule has 0 spiro atoms. The Morgan fingerprint density at radius 1 is 1.39 bits per heavy atom. The summed E-state index contributed by atoms with van der Waals surface area (Å²) in [5.41, 5.74) is 6.55. The molecular weight excluding hydrogens is 297 g/mol. The molecule has 0 aliphatic rings. The maximum Gasteiger partial charge on any atom is 0.239 e. The number of nitrogens with one attached hydrogen (secondary N) is 1. The number of carbonyl (C=O) groups excluding carboxylic acids is 1. The van der Waals surface area contributed by atoms with Gasteiger partial charge in [0.2, 0.25) is 11.8 Å². The van der Waals surface area contributed by atoms with E-state index in [2.05, 4.69) is 10.3 Å². The third kappa shape index (κ3) is 4.63. The third-order valence-electron chi connectivity index (χ3n) is 3.60. The van der Waals surface area contributed by atoms with Crippen molar-refractivity contribution in [1.29, 1.82) is 0 Å². The van der Waals surface area contributed by atoms with Crippen LogP contribution in [0.5, 0.6) is 0 Å². The molecule has 1 aromatic carbocycles. The van der Waals surface area contributed by atoms with Crippen LogP contribution >= 0.6 is 0 Å². The number of benzene rings is 1. The van der Waals surface area contributed by atoms with Crippen molar-refractivity contribution in [3.8, 4) is 11.5 Å². The highest BCUT2D eigenvalue weighted by Crippen LogP contribution is 2.19. The fourth-order valence-electron chi connectivity index (χ4n) is 2.29. The van der Waals surface area contributed by atoms with Crippen molar-refractivity contribution >= 4 is 5.91 Å². The molecule has 1 aromatic heterocycles. The van der Waals surface area contributed by atoms with Gasteiger partial charge in [-0.15, -0.1) is 0 Å². The molecule has 0 bridgehead atoms. The Morgan fingerprint density at radius 2 is 2.09 bits per heavy atom. The number of oxazole rings is 1. The van der Waals surface area contributed by atoms with Crippen LogP contribution in [0.15, 0.2) is 34.9 Å². The zero-order valence-corrected chi connectivity index (χ0v) is 13.4. The second-order valence-corrected chi connectivity index (χ2v) is 5.82. The second-order valence-electron chi connectivity index (χ2n) is 5.82. The molecule has 0 radical (unpaired) electrons. The van der Waals surface area contributed by atoms with Crippen LogP contribution in [0.1, 0.15) is 32.4 Å². The summed E-state index contributed by atoms with van der Waals surface area (Å²) in [6.07, 6.45) is 3.57. The monoisotopic (exact) mass is 319 g/mol. The van der Waals surface area contributed by atoms with E-state index in [0.717, 1.165) is 12.1 Å². The summed E-state index contributed by atoms with van der Waals surface area (Å²) in [6.45, 7) is 4.16. The molecule has 124 valence electrons. The van der Waals surface area contributed by atoms with Gasteiger partial charge in [0, 0.05) is 18.5 Å². The molecule has 2 aromatic rings. The van der Waals surface area contributed by atoms with Crippen LogP contribution in [0, 0.1) is 5.82 Å². The summed E-state index contributed by atoms with van der Waals surface area (Å²) in [7, 11) is 0. The molecule has 3 N–H and O–H groups in total. The van der Waals surface area contributed by atoms with E-state index >= 15 is 0 Å². The normalized spacial score (nSPS) is 13.6. The molecule has 1 atom stereocenters. The minimum absolute atomic E-state index is 0.165. The van der Waals surface area contributed by atoms with Crippen LogP contribution in [-0.4, -0.2) is 23.0 Å². The summed E-state index contributed by atoms with van der Waals surface area (Å²) in [5, 5.41) is 2.82. The van der Waals surface area contributed by atoms with Crippen molar-refractivity contribution in [3.63, 3.8) is 0 Å². The lowest BCUT2D eigenvalue weighted by Crippen LogP contribution is -2.51. The van der Waals surface area contributed by atoms with Crippen LogP contribution in [0.4, 0.5) is 4.39 Å². The molecule has 23 heavy (non-hydrogen) atoms. The highest BCUT2D eigenvalue weighted by atomic mass is 19.1. The van der Waals surface area contributed by atoms with Gasteiger partial charge in [-0.2, -0.15) is 0 Å². The average molecular weight is 319 g/mol. The van der Waals surface area contributed by atoms with Gasteiger partial charge in [-0.3, -0.25) is 4.79 Å². The maximum atomic E-state index is 12.9. The first-order chi connectivity index (χ1) is 10.9. The number of nitrogens with two attached hydrogens (primary N) is 1. The SMILES string of the molecule is CCCC(C)(N)C(=O)NCCc1coc(-c2ccc(F)cc2)n1. The predicted octanol–water partition coefficient (Wildman–Crippen LogP) is 2.66. The quantitative estimate of drug-likeness (QED) is 0.822. The number of halogens is 1. The van der Waals surface area contributed by atoms with Gasteiger partial charge in [-0.1, -0.05) is 13.3 Å². The van der Waals surface area contributed by atoms with Crippen LogP contribution < -0.4 is 11.1 Å². The standard InChI is InChI=1S/C17H22FN3O2/c1-3-9-17(2,19)16(22)20-10-8-14-11-23-15(21-14)12-4-6-13(18)7-5-12/h4-7,11H,3,8-10,19H2,1-2H3,(H,20,22). The van der Waals surface area contributed by atoms with Crippen molar-refractivity contribution in [2.24, 2.45) is 5.73 Å². The van der Waals surface area contributed by atoms with E-state index in [9.17, 15) is 9.18 Å². The Bertz CT molecular complexity index is 650. The van der Waals surface area contributed by atoms with Crippen molar-refractivity contribution in [2.45, 2.75) is 38.6 Å². The molecule has 0 fully saturated rings. The highest BCUT2D eigenvalue weighted by molar-refractivity contribution is 5.85. The largest absolute Gasteiger partial charge is 0.444 e.